The van der Waals surface area contributed by atoms with Crippen LogP contribution in [-0.4, -0.2) is 49.6 Å². The number of nitrogens with zero attached hydrogens (tertiary/aromatic N) is 1. The van der Waals surface area contributed by atoms with Crippen LogP contribution in [0.25, 0.3) is 0 Å². The molecule has 0 aromatic rings. The van der Waals surface area contributed by atoms with E-state index in [1.807, 2.05) is 11.8 Å². The second-order valence-electron chi connectivity index (χ2n) is 4.15. The second-order valence-corrected chi connectivity index (χ2v) is 5.14. The molecule has 1 saturated heterocycles. The van der Waals surface area contributed by atoms with Gasteiger partial charge < -0.3 is 10.2 Å². The first-order valence-corrected chi connectivity index (χ1v) is 7.18. The zero-order chi connectivity index (χ0) is 10.2. The lowest BCUT2D eigenvalue weighted by Crippen LogP contribution is -2.28. The van der Waals surface area contributed by atoms with E-state index in [1.165, 1.54) is 51.3 Å². The lowest BCUT2D eigenvalue weighted by Gasteiger charge is -2.15. The van der Waals surface area contributed by atoms with Crippen LogP contribution in [0.3, 0.4) is 0 Å². The Bertz CT molecular complexity index is 141. The summed E-state index contributed by atoms with van der Waals surface area (Å²) in [5.41, 5.74) is 0. The lowest BCUT2D eigenvalue weighted by molar-refractivity contribution is 0.342. The Labute approximate surface area is 92.8 Å². The van der Waals surface area contributed by atoms with E-state index < -0.39 is 0 Å². The number of rotatable bonds is 7. The topological polar surface area (TPSA) is 15.3 Å². The highest BCUT2D eigenvalue weighted by Gasteiger charge is 2.20. The van der Waals surface area contributed by atoms with Gasteiger partial charge in [-0.05, 0) is 44.6 Å². The van der Waals surface area contributed by atoms with Gasteiger partial charge >= 0.3 is 0 Å². The molecule has 0 bridgehead atoms. The molecule has 3 heteroatoms. The van der Waals surface area contributed by atoms with Crippen LogP contribution in [0, 0.1) is 5.92 Å². The molecule has 1 fully saturated rings. The number of hydrogen-bond acceptors (Lipinski definition) is 3. The summed E-state index contributed by atoms with van der Waals surface area (Å²) in [6.07, 6.45) is 4.84. The SMILES string of the molecule is CCCNCC1CCN(CCSC)C1. The van der Waals surface area contributed by atoms with Crippen molar-refractivity contribution in [2.45, 2.75) is 19.8 Å². The zero-order valence-electron chi connectivity index (χ0n) is 9.59. The molecule has 0 spiro atoms. The van der Waals surface area contributed by atoms with E-state index in [2.05, 4.69) is 23.4 Å². The predicted octanol–water partition coefficient (Wildman–Crippen LogP) is 1.67. The summed E-state index contributed by atoms with van der Waals surface area (Å²) in [5.74, 6) is 2.19. The first-order chi connectivity index (χ1) is 6.86. The lowest BCUT2D eigenvalue weighted by atomic mass is 10.1. The fourth-order valence-corrected chi connectivity index (χ4v) is 2.43. The minimum Gasteiger partial charge on any atom is -0.316 e. The monoisotopic (exact) mass is 216 g/mol. The van der Waals surface area contributed by atoms with Crippen molar-refractivity contribution < 1.29 is 0 Å². The molecule has 0 aromatic heterocycles. The van der Waals surface area contributed by atoms with Crippen molar-refractivity contribution >= 4 is 11.8 Å². The van der Waals surface area contributed by atoms with Gasteiger partial charge in [-0.15, -0.1) is 0 Å². The smallest absolute Gasteiger partial charge is 0.00724 e. The minimum atomic E-state index is 0.906. The molecule has 0 radical (unpaired) electrons. The van der Waals surface area contributed by atoms with Crippen LogP contribution in [0.5, 0.6) is 0 Å². The molecule has 0 saturated carbocycles. The normalized spacial score (nSPS) is 23.1. The highest BCUT2D eigenvalue weighted by molar-refractivity contribution is 7.98. The molecule has 1 heterocycles. The molecular weight excluding hydrogens is 192 g/mol. The molecule has 0 aliphatic carbocycles. The molecule has 1 atom stereocenters. The van der Waals surface area contributed by atoms with Gasteiger partial charge in [-0.1, -0.05) is 6.92 Å². The molecular formula is C11H24N2S. The summed E-state index contributed by atoms with van der Waals surface area (Å²) in [5, 5.41) is 3.52. The fourth-order valence-electron chi connectivity index (χ4n) is 1.99. The van der Waals surface area contributed by atoms with Crippen LogP contribution < -0.4 is 5.32 Å². The van der Waals surface area contributed by atoms with Gasteiger partial charge in [0.2, 0.25) is 0 Å². The number of thioether (sulfide) groups is 1. The van der Waals surface area contributed by atoms with Crippen LogP contribution >= 0.6 is 11.8 Å². The first-order valence-electron chi connectivity index (χ1n) is 5.78. The Balaban J connectivity index is 2.02. The predicted molar refractivity (Wildman–Crippen MR) is 66.1 cm³/mol. The molecule has 1 unspecified atom stereocenters. The van der Waals surface area contributed by atoms with E-state index in [9.17, 15) is 0 Å². The molecule has 84 valence electrons. The zero-order valence-corrected chi connectivity index (χ0v) is 10.4. The highest BCUT2D eigenvalue weighted by atomic mass is 32.2. The van der Waals surface area contributed by atoms with E-state index in [-0.39, 0.29) is 0 Å². The third kappa shape index (κ3) is 4.67. The largest absolute Gasteiger partial charge is 0.316 e. The Kier molecular flexibility index (Phi) is 6.65. The maximum atomic E-state index is 3.52. The van der Waals surface area contributed by atoms with E-state index >= 15 is 0 Å². The van der Waals surface area contributed by atoms with Gasteiger partial charge in [0.1, 0.15) is 0 Å². The van der Waals surface area contributed by atoms with Crippen LogP contribution in [-0.2, 0) is 0 Å². The summed E-state index contributed by atoms with van der Waals surface area (Å²) in [7, 11) is 0. The number of likely N-dealkylation sites (tertiary alicyclic amines) is 1. The van der Waals surface area contributed by atoms with Crippen molar-refractivity contribution in [3.8, 4) is 0 Å². The number of nitrogens with one attached hydrogen (secondary N) is 1. The summed E-state index contributed by atoms with van der Waals surface area (Å²) in [6.45, 7) is 8.55. The van der Waals surface area contributed by atoms with Gasteiger partial charge in [0.05, 0.1) is 0 Å². The van der Waals surface area contributed by atoms with E-state index in [1.54, 1.807) is 0 Å². The Morgan fingerprint density at radius 2 is 2.36 bits per heavy atom. The average Bonchev–Trinajstić information content (AvgIpc) is 2.63. The molecule has 1 aliphatic rings. The maximum absolute atomic E-state index is 3.52. The Morgan fingerprint density at radius 1 is 1.50 bits per heavy atom. The first kappa shape index (κ1) is 12.3. The Morgan fingerprint density at radius 3 is 3.07 bits per heavy atom. The molecule has 1 aliphatic heterocycles. The second kappa shape index (κ2) is 7.55. The fraction of sp³-hybridized carbons (Fsp3) is 1.00. The van der Waals surface area contributed by atoms with Crippen molar-refractivity contribution in [2.75, 3.05) is 44.7 Å². The van der Waals surface area contributed by atoms with Crippen molar-refractivity contribution in [1.82, 2.24) is 10.2 Å². The van der Waals surface area contributed by atoms with Gasteiger partial charge in [0.25, 0.3) is 0 Å². The molecule has 0 amide bonds. The molecule has 1 N–H and O–H groups in total. The summed E-state index contributed by atoms with van der Waals surface area (Å²) >= 11 is 1.95. The van der Waals surface area contributed by atoms with E-state index in [0.29, 0.717) is 0 Å². The standard InChI is InChI=1S/C11H24N2S/c1-3-5-12-9-11-4-6-13(10-11)7-8-14-2/h11-12H,3-10H2,1-2H3. The average molecular weight is 216 g/mol. The van der Waals surface area contributed by atoms with Crippen LogP contribution in [0.1, 0.15) is 19.8 Å². The maximum Gasteiger partial charge on any atom is 0.00724 e. The van der Waals surface area contributed by atoms with Crippen molar-refractivity contribution in [3.63, 3.8) is 0 Å². The van der Waals surface area contributed by atoms with Gasteiger partial charge in [-0.2, -0.15) is 11.8 Å². The molecule has 1 rings (SSSR count). The highest BCUT2D eigenvalue weighted by Crippen LogP contribution is 2.15. The molecule has 2 nitrogen and oxygen atoms in total. The van der Waals surface area contributed by atoms with Crippen molar-refractivity contribution in [2.24, 2.45) is 5.92 Å². The summed E-state index contributed by atoms with van der Waals surface area (Å²) in [4.78, 5) is 2.61. The van der Waals surface area contributed by atoms with Crippen molar-refractivity contribution in [1.29, 1.82) is 0 Å². The molecule has 14 heavy (non-hydrogen) atoms. The third-order valence-electron chi connectivity index (χ3n) is 2.84. The van der Waals surface area contributed by atoms with Gasteiger partial charge in [0.15, 0.2) is 0 Å². The van der Waals surface area contributed by atoms with Crippen LogP contribution in [0.2, 0.25) is 0 Å². The van der Waals surface area contributed by atoms with Gasteiger partial charge in [0, 0.05) is 18.8 Å². The van der Waals surface area contributed by atoms with Crippen LogP contribution in [0.15, 0.2) is 0 Å². The van der Waals surface area contributed by atoms with E-state index in [0.717, 1.165) is 5.92 Å². The van der Waals surface area contributed by atoms with Crippen LogP contribution in [0.4, 0.5) is 0 Å². The van der Waals surface area contributed by atoms with Gasteiger partial charge in [-0.3, -0.25) is 0 Å². The third-order valence-corrected chi connectivity index (χ3v) is 3.43. The quantitative estimate of drug-likeness (QED) is 0.652. The Hall–Kier alpha value is 0.270. The number of hydrogen-bond donors (Lipinski definition) is 1. The van der Waals surface area contributed by atoms with E-state index in [4.69, 9.17) is 0 Å². The summed E-state index contributed by atoms with van der Waals surface area (Å²) < 4.78 is 0. The molecule has 0 aromatic carbocycles. The summed E-state index contributed by atoms with van der Waals surface area (Å²) in [6, 6.07) is 0. The van der Waals surface area contributed by atoms with Gasteiger partial charge in [-0.25, -0.2) is 0 Å². The van der Waals surface area contributed by atoms with Crippen molar-refractivity contribution in [3.05, 3.63) is 0 Å². The minimum absolute atomic E-state index is 0.906.